The van der Waals surface area contributed by atoms with Gasteiger partial charge in [0.1, 0.15) is 0 Å². The van der Waals surface area contributed by atoms with Crippen LogP contribution in [0.25, 0.3) is 0 Å². The fraction of sp³-hybridized carbons (Fsp3) is 1.00. The van der Waals surface area contributed by atoms with Crippen molar-refractivity contribution < 1.29 is 0 Å². The molecule has 2 saturated heterocycles. The maximum atomic E-state index is 2.58. The molecule has 3 aliphatic rings. The summed E-state index contributed by atoms with van der Waals surface area (Å²) in [6.45, 7) is 12.6. The molecule has 0 aromatic heterocycles. The molecular weight excluding hydrogens is 170 g/mol. The lowest BCUT2D eigenvalue weighted by atomic mass is 9.61. The largest absolute Gasteiger partial charge is 0.303 e. The second-order valence-corrected chi connectivity index (χ2v) is 5.62. The Morgan fingerprint density at radius 2 is 1.79 bits per heavy atom. The molecule has 1 heteroatoms. The van der Waals surface area contributed by atoms with Crippen molar-refractivity contribution in [2.24, 2.45) is 17.3 Å². The zero-order valence-corrected chi connectivity index (χ0v) is 10.8. The van der Waals surface area contributed by atoms with Gasteiger partial charge >= 0.3 is 0 Å². The first-order valence-electron chi connectivity index (χ1n) is 6.21. The molecule has 2 aliphatic heterocycles. The van der Waals surface area contributed by atoms with Gasteiger partial charge in [0.25, 0.3) is 0 Å². The third-order valence-corrected chi connectivity index (χ3v) is 4.14. The van der Waals surface area contributed by atoms with E-state index in [-0.39, 0.29) is 0 Å². The Hall–Kier alpha value is -0.0400. The third-order valence-electron chi connectivity index (χ3n) is 4.14. The molecule has 1 nitrogen and oxygen atoms in total. The zero-order chi connectivity index (χ0) is 10.9. The Labute approximate surface area is 89.9 Å². The molecule has 1 saturated carbocycles. The van der Waals surface area contributed by atoms with E-state index in [1.54, 1.807) is 0 Å². The molecule has 3 atom stereocenters. The topological polar surface area (TPSA) is 3.24 Å². The van der Waals surface area contributed by atoms with E-state index >= 15 is 0 Å². The summed E-state index contributed by atoms with van der Waals surface area (Å²) in [5.41, 5.74) is 0.574. The lowest BCUT2D eigenvalue weighted by Gasteiger charge is -2.56. The Kier molecular flexibility index (Phi) is 3.63. The lowest BCUT2D eigenvalue weighted by molar-refractivity contribution is -0.0590. The van der Waals surface area contributed by atoms with Crippen LogP contribution in [-0.2, 0) is 0 Å². The molecule has 0 aromatic carbocycles. The van der Waals surface area contributed by atoms with Gasteiger partial charge in [-0.05, 0) is 37.1 Å². The maximum Gasteiger partial charge on any atom is 0.0146 e. The van der Waals surface area contributed by atoms with Gasteiger partial charge in [0.15, 0.2) is 0 Å². The van der Waals surface area contributed by atoms with Crippen LogP contribution in [0, 0.1) is 17.3 Å². The summed E-state index contributed by atoms with van der Waals surface area (Å²) >= 11 is 0. The Morgan fingerprint density at radius 1 is 1.21 bits per heavy atom. The van der Waals surface area contributed by atoms with Crippen LogP contribution in [0.3, 0.4) is 0 Å². The van der Waals surface area contributed by atoms with Gasteiger partial charge in [0, 0.05) is 12.6 Å². The van der Waals surface area contributed by atoms with E-state index in [1.807, 2.05) is 13.8 Å². The van der Waals surface area contributed by atoms with Crippen LogP contribution in [0.2, 0.25) is 0 Å². The molecule has 84 valence electrons. The van der Waals surface area contributed by atoms with Gasteiger partial charge < -0.3 is 4.90 Å². The molecule has 14 heavy (non-hydrogen) atoms. The molecule has 0 radical (unpaired) electrons. The van der Waals surface area contributed by atoms with Gasteiger partial charge in [-0.3, -0.25) is 0 Å². The first kappa shape index (κ1) is 12.0. The average Bonchev–Trinajstić information content (AvgIpc) is 2.11. The first-order chi connectivity index (χ1) is 6.50. The van der Waals surface area contributed by atoms with Crippen molar-refractivity contribution in [2.45, 2.75) is 53.5 Å². The number of hydrogen-bond acceptors (Lipinski definition) is 1. The SMILES string of the molecule is CC.CC1CC2N(C)CC1CC2(C)C. The highest BCUT2D eigenvalue weighted by Gasteiger charge is 2.46. The first-order valence-corrected chi connectivity index (χ1v) is 6.21. The molecule has 2 heterocycles. The minimum atomic E-state index is 0.574. The van der Waals surface area contributed by atoms with E-state index in [4.69, 9.17) is 0 Å². The van der Waals surface area contributed by atoms with E-state index in [0.29, 0.717) is 5.41 Å². The summed E-state index contributed by atoms with van der Waals surface area (Å²) in [4.78, 5) is 2.58. The molecule has 0 aromatic rings. The highest BCUT2D eigenvalue weighted by molar-refractivity contribution is 4.99. The van der Waals surface area contributed by atoms with E-state index in [2.05, 4.69) is 32.7 Å². The van der Waals surface area contributed by atoms with Gasteiger partial charge in [-0.15, -0.1) is 0 Å². The Morgan fingerprint density at radius 3 is 2.14 bits per heavy atom. The van der Waals surface area contributed by atoms with Crippen LogP contribution in [0.5, 0.6) is 0 Å². The fourth-order valence-electron chi connectivity index (χ4n) is 3.39. The van der Waals surface area contributed by atoms with E-state index in [1.165, 1.54) is 19.4 Å². The summed E-state index contributed by atoms with van der Waals surface area (Å²) in [6.07, 6.45) is 2.87. The van der Waals surface area contributed by atoms with Crippen LogP contribution in [-0.4, -0.2) is 24.5 Å². The Bertz CT molecular complexity index is 186. The number of hydrogen-bond donors (Lipinski definition) is 0. The third kappa shape index (κ3) is 1.98. The number of piperidine rings is 2. The second-order valence-electron chi connectivity index (χ2n) is 5.62. The van der Waals surface area contributed by atoms with Crippen molar-refractivity contribution in [2.75, 3.05) is 13.6 Å². The van der Waals surface area contributed by atoms with Crippen LogP contribution in [0.4, 0.5) is 0 Å². The molecule has 2 bridgehead atoms. The molecular formula is C13H27N. The number of rotatable bonds is 0. The fourth-order valence-corrected chi connectivity index (χ4v) is 3.39. The minimum absolute atomic E-state index is 0.574. The molecule has 0 spiro atoms. The van der Waals surface area contributed by atoms with Crippen LogP contribution in [0.1, 0.15) is 47.5 Å². The smallest absolute Gasteiger partial charge is 0.0146 e. The maximum absolute atomic E-state index is 2.58. The number of fused-ring (bicyclic) bond motifs is 3. The molecule has 3 fully saturated rings. The monoisotopic (exact) mass is 197 g/mol. The summed E-state index contributed by atoms with van der Waals surface area (Å²) < 4.78 is 0. The Balaban J connectivity index is 0.000000461. The van der Waals surface area contributed by atoms with Crippen molar-refractivity contribution in [3.05, 3.63) is 0 Å². The normalized spacial score (nSPS) is 40.3. The average molecular weight is 197 g/mol. The molecule has 3 rings (SSSR count). The van der Waals surface area contributed by atoms with Crippen molar-refractivity contribution in [3.8, 4) is 0 Å². The zero-order valence-electron chi connectivity index (χ0n) is 10.8. The van der Waals surface area contributed by atoms with Crippen molar-refractivity contribution in [3.63, 3.8) is 0 Å². The van der Waals surface area contributed by atoms with Crippen molar-refractivity contribution >= 4 is 0 Å². The van der Waals surface area contributed by atoms with Gasteiger partial charge in [-0.2, -0.15) is 0 Å². The van der Waals surface area contributed by atoms with Crippen LogP contribution in [0.15, 0.2) is 0 Å². The minimum Gasteiger partial charge on any atom is -0.303 e. The quantitative estimate of drug-likeness (QED) is 0.575. The van der Waals surface area contributed by atoms with E-state index in [0.717, 1.165) is 17.9 Å². The number of nitrogens with zero attached hydrogens (tertiary/aromatic N) is 1. The van der Waals surface area contributed by atoms with Gasteiger partial charge in [0.05, 0.1) is 0 Å². The highest BCUT2D eigenvalue weighted by atomic mass is 15.2. The molecule has 1 aliphatic carbocycles. The molecule has 3 unspecified atom stereocenters. The molecule has 0 amide bonds. The van der Waals surface area contributed by atoms with Crippen molar-refractivity contribution in [1.82, 2.24) is 4.90 Å². The predicted molar refractivity (Wildman–Crippen MR) is 63.4 cm³/mol. The van der Waals surface area contributed by atoms with Crippen LogP contribution < -0.4 is 0 Å². The van der Waals surface area contributed by atoms with E-state index < -0.39 is 0 Å². The van der Waals surface area contributed by atoms with Crippen LogP contribution >= 0.6 is 0 Å². The highest BCUT2D eigenvalue weighted by Crippen LogP contribution is 2.48. The van der Waals surface area contributed by atoms with Crippen molar-refractivity contribution in [1.29, 1.82) is 0 Å². The summed E-state index contributed by atoms with van der Waals surface area (Å²) in [7, 11) is 2.30. The second kappa shape index (κ2) is 4.22. The predicted octanol–water partition coefficient (Wildman–Crippen LogP) is 3.40. The standard InChI is InChI=1S/C11H21N.C2H6/c1-8-5-10-11(2,3)6-9(8)7-12(10)4;1-2/h8-10H,5-7H2,1-4H3;1-2H3. The summed E-state index contributed by atoms with van der Waals surface area (Å²) in [5, 5.41) is 0. The van der Waals surface area contributed by atoms with Gasteiger partial charge in [-0.25, -0.2) is 0 Å². The van der Waals surface area contributed by atoms with Gasteiger partial charge in [-0.1, -0.05) is 34.6 Å². The summed E-state index contributed by atoms with van der Waals surface area (Å²) in [6, 6.07) is 0.845. The summed E-state index contributed by atoms with van der Waals surface area (Å²) in [5.74, 6) is 1.94. The van der Waals surface area contributed by atoms with Gasteiger partial charge in [0.2, 0.25) is 0 Å². The molecule has 0 N–H and O–H groups in total. The van der Waals surface area contributed by atoms with E-state index in [9.17, 15) is 0 Å². The lowest BCUT2D eigenvalue weighted by Crippen LogP contribution is -2.57.